The SMILES string of the molecule is COCCN(C(=O)CN1CCC(NC(C)C)CC1)c1c(N)n(CC(C)C)c(=O)[nH]c1=O. The molecule has 0 atom stereocenters. The van der Waals surface area contributed by atoms with Crippen molar-refractivity contribution in [1.29, 1.82) is 0 Å². The fourth-order valence-electron chi connectivity index (χ4n) is 3.93. The van der Waals surface area contributed by atoms with Gasteiger partial charge in [0.05, 0.1) is 13.2 Å². The molecule has 31 heavy (non-hydrogen) atoms. The number of nitrogens with zero attached hydrogens (tertiary/aromatic N) is 3. The summed E-state index contributed by atoms with van der Waals surface area (Å²) < 4.78 is 6.46. The van der Waals surface area contributed by atoms with Crippen molar-refractivity contribution < 1.29 is 9.53 Å². The molecule has 0 spiro atoms. The number of methoxy groups -OCH3 is 1. The monoisotopic (exact) mass is 438 g/mol. The number of aromatic amines is 1. The molecule has 1 saturated heterocycles. The maximum atomic E-state index is 13.2. The highest BCUT2D eigenvalue weighted by Crippen LogP contribution is 2.19. The van der Waals surface area contributed by atoms with E-state index >= 15 is 0 Å². The molecule has 0 unspecified atom stereocenters. The summed E-state index contributed by atoms with van der Waals surface area (Å²) in [7, 11) is 1.53. The molecule has 0 saturated carbocycles. The summed E-state index contributed by atoms with van der Waals surface area (Å²) >= 11 is 0. The number of amides is 1. The molecule has 10 nitrogen and oxygen atoms in total. The molecule has 4 N–H and O–H groups in total. The van der Waals surface area contributed by atoms with Crippen LogP contribution in [0.5, 0.6) is 0 Å². The molecule has 0 aliphatic carbocycles. The number of hydrogen-bond acceptors (Lipinski definition) is 7. The fourth-order valence-corrected chi connectivity index (χ4v) is 3.93. The predicted molar refractivity (Wildman–Crippen MR) is 123 cm³/mol. The molecule has 0 radical (unpaired) electrons. The third-order valence-corrected chi connectivity index (χ3v) is 5.37. The van der Waals surface area contributed by atoms with E-state index in [1.165, 1.54) is 16.6 Å². The highest BCUT2D eigenvalue weighted by Gasteiger charge is 2.27. The van der Waals surface area contributed by atoms with Gasteiger partial charge in [-0.2, -0.15) is 0 Å². The summed E-state index contributed by atoms with van der Waals surface area (Å²) in [5.41, 5.74) is 5.01. The average Bonchev–Trinajstić information content (AvgIpc) is 2.68. The van der Waals surface area contributed by atoms with Crippen LogP contribution >= 0.6 is 0 Å². The number of nitrogens with one attached hydrogen (secondary N) is 2. The minimum Gasteiger partial charge on any atom is -0.383 e. The molecule has 1 aliphatic heterocycles. The van der Waals surface area contributed by atoms with E-state index in [9.17, 15) is 14.4 Å². The van der Waals surface area contributed by atoms with Gasteiger partial charge in [-0.1, -0.05) is 27.7 Å². The number of nitrogens with two attached hydrogens (primary N) is 1. The molecule has 0 aromatic carbocycles. The number of carbonyl (C=O) groups is 1. The van der Waals surface area contributed by atoms with Crippen LogP contribution in [0.15, 0.2) is 9.59 Å². The van der Waals surface area contributed by atoms with Crippen LogP contribution < -0.4 is 27.2 Å². The van der Waals surface area contributed by atoms with Crippen LogP contribution in [0.2, 0.25) is 0 Å². The first-order valence-corrected chi connectivity index (χ1v) is 11.0. The number of anilines is 2. The number of carbonyl (C=O) groups excluding carboxylic acids is 1. The number of hydrogen-bond donors (Lipinski definition) is 3. The van der Waals surface area contributed by atoms with Gasteiger partial charge in [-0.15, -0.1) is 0 Å². The molecule has 10 heteroatoms. The van der Waals surface area contributed by atoms with Crippen LogP contribution in [0.25, 0.3) is 0 Å². The lowest BCUT2D eigenvalue weighted by Gasteiger charge is -2.34. The Labute approximate surface area is 183 Å². The first-order chi connectivity index (χ1) is 14.6. The maximum Gasteiger partial charge on any atom is 0.330 e. The molecule has 1 amide bonds. The zero-order valence-electron chi connectivity index (χ0n) is 19.4. The van der Waals surface area contributed by atoms with Crippen molar-refractivity contribution >= 4 is 17.4 Å². The lowest BCUT2D eigenvalue weighted by Crippen LogP contribution is -2.50. The standard InChI is InChI=1S/C21H38N6O4/c1-14(2)12-27-19(22)18(20(29)24-21(27)30)26(10-11-31-5)17(28)13-25-8-6-16(7-9-25)23-15(3)4/h14-16,23H,6-13,22H2,1-5H3,(H,24,29,30). The molecule has 2 heterocycles. The van der Waals surface area contributed by atoms with Crippen molar-refractivity contribution in [2.45, 2.75) is 59.2 Å². The third kappa shape index (κ3) is 6.91. The second-order valence-electron chi connectivity index (χ2n) is 8.91. The Balaban J connectivity index is 2.23. The van der Waals surface area contributed by atoms with E-state index in [1.54, 1.807) is 0 Å². The van der Waals surface area contributed by atoms with Gasteiger partial charge >= 0.3 is 5.69 Å². The Hall–Kier alpha value is -2.17. The lowest BCUT2D eigenvalue weighted by atomic mass is 10.0. The van der Waals surface area contributed by atoms with E-state index in [2.05, 4.69) is 29.0 Å². The summed E-state index contributed by atoms with van der Waals surface area (Å²) in [5, 5.41) is 3.54. The summed E-state index contributed by atoms with van der Waals surface area (Å²) in [5.74, 6) is -0.0892. The van der Waals surface area contributed by atoms with Crippen LogP contribution in [0.1, 0.15) is 40.5 Å². The van der Waals surface area contributed by atoms with Crippen LogP contribution in [-0.4, -0.2) is 72.3 Å². The normalized spacial score (nSPS) is 15.7. The molecule has 1 aromatic rings. The molecule has 1 aliphatic rings. The Kier molecular flexibility index (Phi) is 9.27. The second kappa shape index (κ2) is 11.4. The molecule has 0 bridgehead atoms. The molecular weight excluding hydrogens is 400 g/mol. The molecule has 2 rings (SSSR count). The zero-order valence-corrected chi connectivity index (χ0v) is 19.4. The van der Waals surface area contributed by atoms with Crippen LogP contribution in [0.3, 0.4) is 0 Å². The number of nitrogen functional groups attached to an aromatic ring is 1. The topological polar surface area (TPSA) is 126 Å². The van der Waals surface area contributed by atoms with Crippen molar-refractivity contribution in [3.8, 4) is 0 Å². The highest BCUT2D eigenvalue weighted by molar-refractivity contribution is 5.96. The van der Waals surface area contributed by atoms with Crippen molar-refractivity contribution in [2.24, 2.45) is 5.92 Å². The lowest BCUT2D eigenvalue weighted by molar-refractivity contribution is -0.120. The molecule has 1 fully saturated rings. The average molecular weight is 439 g/mol. The van der Waals surface area contributed by atoms with Gasteiger partial charge in [-0.3, -0.25) is 24.0 Å². The van der Waals surface area contributed by atoms with E-state index < -0.39 is 11.2 Å². The Morgan fingerprint density at radius 2 is 1.90 bits per heavy atom. The van der Waals surface area contributed by atoms with Gasteiger partial charge < -0.3 is 20.7 Å². The third-order valence-electron chi connectivity index (χ3n) is 5.37. The Bertz CT molecular complexity index is 839. The van der Waals surface area contributed by atoms with Crippen molar-refractivity contribution in [2.75, 3.05) is 50.5 Å². The minimum absolute atomic E-state index is 0.00625. The largest absolute Gasteiger partial charge is 0.383 e. The van der Waals surface area contributed by atoms with Crippen molar-refractivity contribution in [3.05, 3.63) is 20.8 Å². The minimum atomic E-state index is -0.660. The summed E-state index contributed by atoms with van der Waals surface area (Å²) in [6.07, 6.45) is 1.93. The van der Waals surface area contributed by atoms with Gasteiger partial charge in [0, 0.05) is 45.4 Å². The first kappa shape index (κ1) is 25.1. The second-order valence-corrected chi connectivity index (χ2v) is 8.91. The van der Waals surface area contributed by atoms with Crippen LogP contribution in [0, 0.1) is 5.92 Å². The number of rotatable bonds is 10. The molecule has 1 aromatic heterocycles. The Morgan fingerprint density at radius 3 is 2.45 bits per heavy atom. The Morgan fingerprint density at radius 1 is 1.26 bits per heavy atom. The number of aromatic nitrogens is 2. The number of H-pyrrole nitrogens is 1. The van der Waals surface area contributed by atoms with E-state index in [4.69, 9.17) is 10.5 Å². The predicted octanol–water partition coefficient (Wildman–Crippen LogP) is 0.217. The quantitative estimate of drug-likeness (QED) is 0.477. The summed E-state index contributed by atoms with van der Waals surface area (Å²) in [6.45, 7) is 10.7. The van der Waals surface area contributed by atoms with Gasteiger partial charge in [0.1, 0.15) is 5.82 Å². The van der Waals surface area contributed by atoms with Gasteiger partial charge in [-0.05, 0) is 18.8 Å². The van der Waals surface area contributed by atoms with Crippen LogP contribution in [-0.2, 0) is 16.1 Å². The maximum absolute atomic E-state index is 13.2. The zero-order chi connectivity index (χ0) is 23.1. The first-order valence-electron chi connectivity index (χ1n) is 11.0. The summed E-state index contributed by atoms with van der Waals surface area (Å²) in [6, 6.07) is 0.882. The highest BCUT2D eigenvalue weighted by atomic mass is 16.5. The van der Waals surface area contributed by atoms with E-state index in [1.807, 2.05) is 13.8 Å². The van der Waals surface area contributed by atoms with Gasteiger partial charge in [0.15, 0.2) is 5.69 Å². The van der Waals surface area contributed by atoms with Crippen molar-refractivity contribution in [3.63, 3.8) is 0 Å². The number of likely N-dealkylation sites (tertiary alicyclic amines) is 1. The van der Waals surface area contributed by atoms with E-state index in [-0.39, 0.29) is 43.0 Å². The van der Waals surface area contributed by atoms with E-state index in [0.29, 0.717) is 18.6 Å². The van der Waals surface area contributed by atoms with Crippen LogP contribution in [0.4, 0.5) is 11.5 Å². The number of ether oxygens (including phenoxy) is 1. The molecule has 176 valence electrons. The molecular formula is C21H38N6O4. The number of piperidine rings is 1. The fraction of sp³-hybridized carbons (Fsp3) is 0.762. The van der Waals surface area contributed by atoms with Gasteiger partial charge in [-0.25, -0.2) is 4.79 Å². The smallest absolute Gasteiger partial charge is 0.330 e. The van der Waals surface area contributed by atoms with Gasteiger partial charge in [0.25, 0.3) is 5.56 Å². The van der Waals surface area contributed by atoms with Crippen molar-refractivity contribution in [1.82, 2.24) is 19.8 Å². The van der Waals surface area contributed by atoms with Gasteiger partial charge in [0.2, 0.25) is 5.91 Å². The summed E-state index contributed by atoms with van der Waals surface area (Å²) in [4.78, 5) is 43.9. The van der Waals surface area contributed by atoms with E-state index in [0.717, 1.165) is 25.9 Å².